The second kappa shape index (κ2) is 50.1. The third-order valence-electron chi connectivity index (χ3n) is 2.16. The summed E-state index contributed by atoms with van der Waals surface area (Å²) in [5, 5.41) is 39.3. The maximum atomic E-state index is 9.77. The second-order valence-electron chi connectivity index (χ2n) is 5.00. The van der Waals surface area contributed by atoms with Crippen LogP contribution in [0.15, 0.2) is 22.8 Å². The summed E-state index contributed by atoms with van der Waals surface area (Å²) in [6.45, 7) is 11.0. The van der Waals surface area contributed by atoms with Crippen molar-refractivity contribution in [2.45, 2.75) is 73.1 Å². The number of hydrogen-bond acceptors (Lipinski definition) is 7. The van der Waals surface area contributed by atoms with Gasteiger partial charge in [-0.1, -0.05) is 40.0 Å². The average molecular weight is 411 g/mol. The zero-order valence-corrected chi connectivity index (χ0v) is 18.6. The summed E-state index contributed by atoms with van der Waals surface area (Å²) in [6.07, 6.45) is 8.37. The molecule has 28 heavy (non-hydrogen) atoms. The molecule has 0 aliphatic rings. The largest absolute Gasteiger partial charge is 0.462 e. The van der Waals surface area contributed by atoms with Crippen LogP contribution in [-0.4, -0.2) is 64.9 Å². The van der Waals surface area contributed by atoms with E-state index in [2.05, 4.69) is 18.3 Å². The molecule has 7 heteroatoms. The number of hydrogen-bond donors (Lipinski definition) is 5. The molecule has 0 saturated carbocycles. The smallest absolute Gasteiger partial charge is 0.185 e. The van der Waals surface area contributed by atoms with E-state index in [1.807, 2.05) is 6.92 Å². The lowest BCUT2D eigenvalue weighted by atomic mass is 10.3. The van der Waals surface area contributed by atoms with Crippen LogP contribution in [0.2, 0.25) is 0 Å². The Kier molecular flexibility index (Phi) is 67.0. The molecule has 0 spiro atoms. The number of unbranched alkanes of at least 4 members (excludes halogenated alkanes) is 3. The third kappa shape index (κ3) is 73.8. The van der Waals surface area contributed by atoms with E-state index in [9.17, 15) is 4.79 Å². The van der Waals surface area contributed by atoms with Gasteiger partial charge < -0.3 is 29.9 Å². The van der Waals surface area contributed by atoms with E-state index >= 15 is 0 Å². The van der Waals surface area contributed by atoms with Crippen LogP contribution in [0.1, 0.15) is 83.7 Å². The van der Waals surface area contributed by atoms with Gasteiger partial charge in [-0.25, -0.2) is 0 Å². The fourth-order valence-electron chi connectivity index (χ4n) is 0.878. The van der Waals surface area contributed by atoms with E-state index in [0.717, 1.165) is 32.1 Å². The average Bonchev–Trinajstić information content (AvgIpc) is 3.23. The molecule has 1 rings (SSSR count). The molecule has 1 aromatic heterocycles. The molecular weight excluding hydrogens is 364 g/mol. The van der Waals surface area contributed by atoms with E-state index in [4.69, 9.17) is 25.5 Å². The first kappa shape index (κ1) is 37.5. The van der Waals surface area contributed by atoms with Crippen LogP contribution in [0, 0.1) is 0 Å². The van der Waals surface area contributed by atoms with Gasteiger partial charge >= 0.3 is 0 Å². The molecular formula is C21H46O7. The molecule has 0 radical (unpaired) electrons. The van der Waals surface area contributed by atoms with Crippen LogP contribution in [0.4, 0.5) is 0 Å². The summed E-state index contributed by atoms with van der Waals surface area (Å²) in [6, 6.07) is 3.27. The van der Waals surface area contributed by atoms with E-state index in [-0.39, 0.29) is 13.2 Å². The number of aliphatic hydroxyl groups excluding tert-OH is 5. The number of furan rings is 1. The highest BCUT2D eigenvalue weighted by Gasteiger charge is 1.84. The molecule has 0 atom stereocenters. The van der Waals surface area contributed by atoms with Crippen molar-refractivity contribution in [2.75, 3.05) is 33.0 Å². The molecule has 0 amide bonds. The maximum Gasteiger partial charge on any atom is 0.185 e. The standard InChI is InChI=1S/C5H4O2.C5H12O.C4H10O.C3H8O.2C2H6O/c6-4-5-2-1-3-7-5;1-2-3-4-5-6;1-2-3-4-5;1-2-3-4;2*1-2-3/h1-4H;6H,2-5H2,1H3;5H,2-4H2,1H3;4H,2-3H2,1H3;2*3H,2H2,1H3. The van der Waals surface area contributed by atoms with Gasteiger partial charge in [0.1, 0.15) is 0 Å². The van der Waals surface area contributed by atoms with E-state index in [0.29, 0.717) is 31.9 Å². The minimum absolute atomic E-state index is 0.250. The summed E-state index contributed by atoms with van der Waals surface area (Å²) in [5.74, 6) is 0.375. The Balaban J connectivity index is -0.0000000782. The van der Waals surface area contributed by atoms with Gasteiger partial charge in [0.15, 0.2) is 12.0 Å². The highest BCUT2D eigenvalue weighted by atomic mass is 16.3. The molecule has 0 unspecified atom stereocenters. The molecule has 5 N–H and O–H groups in total. The van der Waals surface area contributed by atoms with Gasteiger partial charge in [-0.15, -0.1) is 0 Å². The van der Waals surface area contributed by atoms with Crippen molar-refractivity contribution in [2.24, 2.45) is 0 Å². The number of aliphatic hydroxyl groups is 5. The summed E-state index contributed by atoms with van der Waals surface area (Å²) in [4.78, 5) is 9.77. The van der Waals surface area contributed by atoms with Crippen molar-refractivity contribution in [3.63, 3.8) is 0 Å². The van der Waals surface area contributed by atoms with Gasteiger partial charge in [0.05, 0.1) is 6.26 Å². The first-order valence-corrected chi connectivity index (χ1v) is 10.0. The SMILES string of the molecule is CCCCCO.CCCCO.CCCO.CCO.CCO.O=Cc1ccco1. The van der Waals surface area contributed by atoms with E-state index < -0.39 is 0 Å². The molecule has 0 aromatic carbocycles. The van der Waals surface area contributed by atoms with Crippen molar-refractivity contribution in [3.05, 3.63) is 24.2 Å². The Hall–Kier alpha value is -1.25. The maximum absolute atomic E-state index is 9.77. The van der Waals surface area contributed by atoms with Gasteiger partial charge in [0, 0.05) is 33.0 Å². The first-order valence-electron chi connectivity index (χ1n) is 10.0. The topological polar surface area (TPSA) is 131 Å². The molecule has 1 aromatic rings. The van der Waals surface area contributed by atoms with E-state index in [1.165, 1.54) is 12.7 Å². The number of aldehydes is 1. The lowest BCUT2D eigenvalue weighted by Gasteiger charge is -1.85. The summed E-state index contributed by atoms with van der Waals surface area (Å²) in [7, 11) is 0. The summed E-state index contributed by atoms with van der Waals surface area (Å²) >= 11 is 0. The molecule has 0 fully saturated rings. The van der Waals surface area contributed by atoms with Crippen LogP contribution in [0.5, 0.6) is 0 Å². The lowest BCUT2D eigenvalue weighted by Crippen LogP contribution is -1.78. The minimum atomic E-state index is 0.250. The van der Waals surface area contributed by atoms with Crippen molar-refractivity contribution < 1.29 is 34.7 Å². The minimum Gasteiger partial charge on any atom is -0.462 e. The zero-order valence-electron chi connectivity index (χ0n) is 18.6. The fraction of sp³-hybridized carbons (Fsp3) is 0.762. The zero-order chi connectivity index (χ0) is 22.9. The normalized spacial score (nSPS) is 7.93. The summed E-state index contributed by atoms with van der Waals surface area (Å²) in [5.41, 5.74) is 0. The fourth-order valence-corrected chi connectivity index (χ4v) is 0.878. The van der Waals surface area contributed by atoms with Crippen molar-refractivity contribution in [1.29, 1.82) is 0 Å². The Morgan fingerprint density at radius 3 is 1.29 bits per heavy atom. The van der Waals surface area contributed by atoms with Gasteiger partial charge in [-0.2, -0.15) is 0 Å². The Morgan fingerprint density at radius 2 is 1.18 bits per heavy atom. The van der Waals surface area contributed by atoms with Crippen LogP contribution in [-0.2, 0) is 0 Å². The van der Waals surface area contributed by atoms with Crippen LogP contribution in [0.25, 0.3) is 0 Å². The van der Waals surface area contributed by atoms with Crippen LogP contribution < -0.4 is 0 Å². The molecule has 0 bridgehead atoms. The van der Waals surface area contributed by atoms with E-state index in [1.54, 1.807) is 26.0 Å². The molecule has 1 heterocycles. The van der Waals surface area contributed by atoms with Crippen LogP contribution in [0.3, 0.4) is 0 Å². The van der Waals surface area contributed by atoms with Gasteiger partial charge in [-0.05, 0) is 45.2 Å². The number of rotatable bonds is 7. The van der Waals surface area contributed by atoms with Gasteiger partial charge in [-0.3, -0.25) is 4.79 Å². The molecule has 172 valence electrons. The Bertz CT molecular complexity index is 281. The van der Waals surface area contributed by atoms with Gasteiger partial charge in [0.2, 0.25) is 0 Å². The number of carbonyl (C=O) groups is 1. The molecule has 7 nitrogen and oxygen atoms in total. The Morgan fingerprint density at radius 1 is 0.750 bits per heavy atom. The highest BCUT2D eigenvalue weighted by molar-refractivity contribution is 5.69. The predicted molar refractivity (Wildman–Crippen MR) is 116 cm³/mol. The molecule has 0 aliphatic heterocycles. The quantitative estimate of drug-likeness (QED) is 0.344. The Labute approximate surface area is 172 Å². The predicted octanol–water partition coefficient (Wildman–Crippen LogP) is 3.43. The lowest BCUT2D eigenvalue weighted by molar-refractivity contribution is 0.110. The third-order valence-corrected chi connectivity index (χ3v) is 2.16. The van der Waals surface area contributed by atoms with Gasteiger partial charge in [0.25, 0.3) is 0 Å². The number of carbonyl (C=O) groups excluding carboxylic acids is 1. The van der Waals surface area contributed by atoms with Crippen molar-refractivity contribution in [3.8, 4) is 0 Å². The van der Waals surface area contributed by atoms with Crippen molar-refractivity contribution in [1.82, 2.24) is 0 Å². The molecule has 0 aliphatic carbocycles. The second-order valence-corrected chi connectivity index (χ2v) is 5.00. The molecule has 0 saturated heterocycles. The van der Waals surface area contributed by atoms with Crippen LogP contribution >= 0.6 is 0 Å². The summed E-state index contributed by atoms with van der Waals surface area (Å²) < 4.78 is 4.61. The monoisotopic (exact) mass is 410 g/mol. The highest BCUT2D eigenvalue weighted by Crippen LogP contribution is 1.92. The first-order chi connectivity index (χ1) is 13.5. The van der Waals surface area contributed by atoms with Crippen molar-refractivity contribution >= 4 is 6.29 Å².